The fourth-order valence-corrected chi connectivity index (χ4v) is 2.59. The Balaban J connectivity index is 1.70. The molecule has 0 atom stereocenters. The number of benzene rings is 2. The van der Waals surface area contributed by atoms with E-state index in [9.17, 15) is 14.9 Å². The lowest BCUT2D eigenvalue weighted by Gasteiger charge is -2.13. The lowest BCUT2D eigenvalue weighted by atomic mass is 10.2. The van der Waals surface area contributed by atoms with Gasteiger partial charge in [-0.05, 0) is 49.7 Å². The largest absolute Gasteiger partial charge is 0.493 e. The van der Waals surface area contributed by atoms with Crippen molar-refractivity contribution >= 4 is 28.8 Å². The van der Waals surface area contributed by atoms with E-state index >= 15 is 0 Å². The number of carbonyl (C=O) groups excluding carboxylic acids is 1. The van der Waals surface area contributed by atoms with Gasteiger partial charge in [0.1, 0.15) is 5.58 Å². The van der Waals surface area contributed by atoms with E-state index in [1.165, 1.54) is 37.6 Å². The predicted octanol–water partition coefficient (Wildman–Crippen LogP) is 3.90. The van der Waals surface area contributed by atoms with Gasteiger partial charge >= 0.3 is 5.91 Å². The van der Waals surface area contributed by atoms with Gasteiger partial charge in [-0.3, -0.25) is 14.9 Å². The highest BCUT2D eigenvalue weighted by atomic mass is 16.6. The molecule has 0 aliphatic rings. The number of nitro benzene ring substituents is 1. The molecule has 0 fully saturated rings. The zero-order chi connectivity index (χ0) is 21.0. The summed E-state index contributed by atoms with van der Waals surface area (Å²) in [6, 6.07) is 10.8. The normalized spacial score (nSPS) is 11.2. The third-order valence-corrected chi connectivity index (χ3v) is 3.86. The van der Waals surface area contributed by atoms with Crippen molar-refractivity contribution in [3.63, 3.8) is 0 Å². The van der Waals surface area contributed by atoms with Crippen LogP contribution in [0.25, 0.3) is 11.0 Å². The lowest BCUT2D eigenvalue weighted by molar-refractivity contribution is -0.384. The number of hydrogen-bond acceptors (Lipinski definition) is 7. The molecule has 0 saturated heterocycles. The molecule has 0 saturated carbocycles. The van der Waals surface area contributed by atoms with Gasteiger partial charge in [-0.15, -0.1) is 0 Å². The van der Waals surface area contributed by atoms with E-state index < -0.39 is 10.8 Å². The first-order valence-electron chi connectivity index (χ1n) is 8.73. The van der Waals surface area contributed by atoms with Crippen molar-refractivity contribution in [1.29, 1.82) is 0 Å². The summed E-state index contributed by atoms with van der Waals surface area (Å²) in [5.74, 6) is 0.579. The second-order valence-electron chi connectivity index (χ2n) is 6.37. The minimum atomic E-state index is -0.577. The van der Waals surface area contributed by atoms with Gasteiger partial charge in [-0.1, -0.05) is 0 Å². The van der Waals surface area contributed by atoms with E-state index in [0.717, 1.165) is 0 Å². The minimum Gasteiger partial charge on any atom is -0.493 e. The van der Waals surface area contributed by atoms with Crippen LogP contribution in [-0.4, -0.2) is 30.3 Å². The summed E-state index contributed by atoms with van der Waals surface area (Å²) in [4.78, 5) is 22.6. The van der Waals surface area contributed by atoms with Crippen LogP contribution in [0.2, 0.25) is 0 Å². The summed E-state index contributed by atoms with van der Waals surface area (Å²) in [5.41, 5.74) is 3.34. The second kappa shape index (κ2) is 8.42. The monoisotopic (exact) mass is 397 g/mol. The van der Waals surface area contributed by atoms with E-state index in [0.29, 0.717) is 28.0 Å². The molecular weight excluding hydrogens is 378 g/mol. The van der Waals surface area contributed by atoms with E-state index in [1.54, 1.807) is 18.2 Å². The Bertz CT molecular complexity index is 1090. The molecule has 3 aromatic rings. The molecule has 1 N–H and O–H groups in total. The molecule has 29 heavy (non-hydrogen) atoms. The summed E-state index contributed by atoms with van der Waals surface area (Å²) < 4.78 is 16.4. The third kappa shape index (κ3) is 4.70. The molecule has 3 rings (SSSR count). The summed E-state index contributed by atoms with van der Waals surface area (Å²) >= 11 is 0. The van der Waals surface area contributed by atoms with Gasteiger partial charge in [0.05, 0.1) is 24.4 Å². The van der Waals surface area contributed by atoms with Crippen molar-refractivity contribution in [3.8, 4) is 11.5 Å². The van der Waals surface area contributed by atoms with Crippen LogP contribution in [0.1, 0.15) is 30.0 Å². The highest BCUT2D eigenvalue weighted by molar-refractivity contribution is 5.97. The van der Waals surface area contributed by atoms with Crippen LogP contribution in [0.5, 0.6) is 11.5 Å². The fraction of sp³-hybridized carbons (Fsp3) is 0.200. The zero-order valence-electron chi connectivity index (χ0n) is 16.0. The Kier molecular flexibility index (Phi) is 5.77. The number of furan rings is 1. The number of nitrogens with zero attached hydrogens (tertiary/aromatic N) is 2. The minimum absolute atomic E-state index is 0.00379. The number of hydrogen-bond donors (Lipinski definition) is 1. The number of ether oxygens (including phenoxy) is 2. The molecule has 9 heteroatoms. The Morgan fingerprint density at radius 3 is 2.69 bits per heavy atom. The van der Waals surface area contributed by atoms with Crippen LogP contribution in [0.15, 0.2) is 52.0 Å². The van der Waals surface area contributed by atoms with Gasteiger partial charge in [-0.25, -0.2) is 5.43 Å². The standard InChI is InChI=1S/C20H19N3O6/c1-12(2)28-17-6-4-13(8-18(17)27-3)11-21-22-20(24)19-10-14-9-15(23(25)26)5-7-16(14)29-19/h4-12H,1-3H3,(H,22,24)/b21-11-. The Labute approximate surface area is 166 Å². The van der Waals surface area contributed by atoms with Crippen molar-refractivity contribution in [1.82, 2.24) is 5.43 Å². The van der Waals surface area contributed by atoms with Gasteiger partial charge < -0.3 is 13.9 Å². The average Bonchev–Trinajstić information content (AvgIpc) is 3.12. The molecule has 0 radical (unpaired) electrons. The number of carbonyl (C=O) groups is 1. The van der Waals surface area contributed by atoms with Crippen LogP contribution in [-0.2, 0) is 0 Å². The number of hydrazone groups is 1. The van der Waals surface area contributed by atoms with Gasteiger partial charge in [-0.2, -0.15) is 5.10 Å². The average molecular weight is 397 g/mol. The van der Waals surface area contributed by atoms with Crippen LogP contribution < -0.4 is 14.9 Å². The molecule has 0 spiro atoms. The van der Waals surface area contributed by atoms with Gasteiger partial charge in [0.2, 0.25) is 0 Å². The van der Waals surface area contributed by atoms with Crippen molar-refractivity contribution < 1.29 is 23.6 Å². The first-order chi connectivity index (χ1) is 13.9. The molecule has 2 aromatic carbocycles. The second-order valence-corrected chi connectivity index (χ2v) is 6.37. The van der Waals surface area contributed by atoms with Crippen molar-refractivity contribution in [3.05, 3.63) is 63.9 Å². The molecular formula is C20H19N3O6. The maximum absolute atomic E-state index is 12.2. The third-order valence-electron chi connectivity index (χ3n) is 3.86. The topological polar surface area (TPSA) is 116 Å². The maximum Gasteiger partial charge on any atom is 0.307 e. The van der Waals surface area contributed by atoms with E-state index in [1.807, 2.05) is 13.8 Å². The van der Waals surface area contributed by atoms with Crippen LogP contribution in [0.4, 0.5) is 5.69 Å². The van der Waals surface area contributed by atoms with Gasteiger partial charge in [0.25, 0.3) is 5.69 Å². The van der Waals surface area contributed by atoms with Crippen molar-refractivity contribution in [2.24, 2.45) is 5.10 Å². The summed E-state index contributed by atoms with van der Waals surface area (Å²) in [7, 11) is 1.54. The van der Waals surface area contributed by atoms with Crippen LogP contribution in [0.3, 0.4) is 0 Å². The van der Waals surface area contributed by atoms with Gasteiger partial charge in [0.15, 0.2) is 17.3 Å². The van der Waals surface area contributed by atoms with Crippen molar-refractivity contribution in [2.45, 2.75) is 20.0 Å². The Morgan fingerprint density at radius 1 is 1.21 bits per heavy atom. The number of amides is 1. The van der Waals surface area contributed by atoms with E-state index in [-0.39, 0.29) is 17.6 Å². The highest BCUT2D eigenvalue weighted by Crippen LogP contribution is 2.28. The fourth-order valence-electron chi connectivity index (χ4n) is 2.59. The SMILES string of the molecule is COc1cc(/C=N\NC(=O)c2cc3cc([N+](=O)[O-])ccc3o2)ccc1OC(C)C. The lowest BCUT2D eigenvalue weighted by Crippen LogP contribution is -2.16. The Hall–Kier alpha value is -3.88. The molecule has 150 valence electrons. The maximum atomic E-state index is 12.2. The highest BCUT2D eigenvalue weighted by Gasteiger charge is 2.14. The summed E-state index contributed by atoms with van der Waals surface area (Å²) in [6.45, 7) is 3.83. The predicted molar refractivity (Wildman–Crippen MR) is 107 cm³/mol. The van der Waals surface area contributed by atoms with Crippen LogP contribution in [0, 0.1) is 10.1 Å². The quantitative estimate of drug-likeness (QED) is 0.367. The molecule has 0 aliphatic carbocycles. The smallest absolute Gasteiger partial charge is 0.307 e. The van der Waals surface area contributed by atoms with Crippen molar-refractivity contribution in [2.75, 3.05) is 7.11 Å². The Morgan fingerprint density at radius 2 is 2.00 bits per heavy atom. The number of non-ortho nitro benzene ring substituents is 1. The van der Waals surface area contributed by atoms with E-state index in [2.05, 4.69) is 10.5 Å². The first kappa shape index (κ1) is 19.9. The zero-order valence-corrected chi connectivity index (χ0v) is 16.0. The first-order valence-corrected chi connectivity index (χ1v) is 8.73. The van der Waals surface area contributed by atoms with Gasteiger partial charge in [0, 0.05) is 17.5 Å². The number of methoxy groups -OCH3 is 1. The number of nitrogens with one attached hydrogen (secondary N) is 1. The molecule has 0 unspecified atom stereocenters. The molecule has 1 amide bonds. The van der Waals surface area contributed by atoms with Crippen LogP contribution >= 0.6 is 0 Å². The summed E-state index contributed by atoms with van der Waals surface area (Å²) in [5, 5.41) is 15.2. The summed E-state index contributed by atoms with van der Waals surface area (Å²) in [6.07, 6.45) is 1.46. The molecule has 0 bridgehead atoms. The molecule has 9 nitrogen and oxygen atoms in total. The number of fused-ring (bicyclic) bond motifs is 1. The number of nitro groups is 1. The molecule has 1 heterocycles. The molecule has 1 aromatic heterocycles. The van der Waals surface area contributed by atoms with E-state index in [4.69, 9.17) is 13.9 Å². The number of rotatable bonds is 7. The molecule has 0 aliphatic heterocycles.